The predicted octanol–water partition coefficient (Wildman–Crippen LogP) is -0.561. The SMILES string of the molecule is COC1CNC(C(=O)N2CCCC2C(=O)O)C1. The van der Waals surface area contributed by atoms with Crippen LogP contribution in [0.3, 0.4) is 0 Å². The normalized spacial score (nSPS) is 33.0. The Kier molecular flexibility index (Phi) is 3.63. The minimum atomic E-state index is -0.905. The molecule has 2 saturated heterocycles. The van der Waals surface area contributed by atoms with E-state index in [-0.39, 0.29) is 18.1 Å². The molecule has 2 N–H and O–H groups in total. The summed E-state index contributed by atoms with van der Waals surface area (Å²) in [5.41, 5.74) is 0. The second-order valence-electron chi connectivity index (χ2n) is 4.58. The molecule has 2 rings (SSSR count). The number of likely N-dealkylation sites (tertiary alicyclic amines) is 1. The summed E-state index contributed by atoms with van der Waals surface area (Å²) in [5, 5.41) is 12.1. The molecular formula is C11H18N2O4. The molecule has 3 atom stereocenters. The number of carboxylic acid groups (broad SMARTS) is 1. The van der Waals surface area contributed by atoms with E-state index in [9.17, 15) is 9.59 Å². The zero-order valence-electron chi connectivity index (χ0n) is 9.89. The van der Waals surface area contributed by atoms with Gasteiger partial charge in [-0.2, -0.15) is 0 Å². The standard InChI is InChI=1S/C11H18N2O4/c1-17-7-5-8(12-6-7)10(14)13-4-2-3-9(13)11(15)16/h7-9,12H,2-6H2,1H3,(H,15,16). The number of hydrogen-bond donors (Lipinski definition) is 2. The maximum Gasteiger partial charge on any atom is 0.326 e. The molecule has 0 aliphatic carbocycles. The Balaban J connectivity index is 1.98. The highest BCUT2D eigenvalue weighted by Crippen LogP contribution is 2.21. The fourth-order valence-electron chi connectivity index (χ4n) is 2.56. The minimum absolute atomic E-state index is 0.0508. The first-order valence-corrected chi connectivity index (χ1v) is 5.93. The van der Waals surface area contributed by atoms with Crippen molar-refractivity contribution in [3.05, 3.63) is 0 Å². The maximum absolute atomic E-state index is 12.2. The first kappa shape index (κ1) is 12.3. The molecule has 2 aliphatic heterocycles. The second-order valence-corrected chi connectivity index (χ2v) is 4.58. The van der Waals surface area contributed by atoms with Crippen LogP contribution in [0.15, 0.2) is 0 Å². The third-order valence-corrected chi connectivity index (χ3v) is 3.54. The number of ether oxygens (including phenoxy) is 1. The Morgan fingerprint density at radius 1 is 1.47 bits per heavy atom. The van der Waals surface area contributed by atoms with E-state index in [1.165, 1.54) is 4.90 Å². The summed E-state index contributed by atoms with van der Waals surface area (Å²) in [7, 11) is 1.62. The van der Waals surface area contributed by atoms with E-state index in [1.54, 1.807) is 7.11 Å². The number of carbonyl (C=O) groups is 2. The van der Waals surface area contributed by atoms with Gasteiger partial charge in [0.25, 0.3) is 0 Å². The molecule has 6 nitrogen and oxygen atoms in total. The number of methoxy groups -OCH3 is 1. The average Bonchev–Trinajstić information content (AvgIpc) is 2.97. The quantitative estimate of drug-likeness (QED) is 0.693. The molecule has 0 aromatic rings. The fraction of sp³-hybridized carbons (Fsp3) is 0.818. The van der Waals surface area contributed by atoms with Crippen LogP contribution < -0.4 is 5.32 Å². The van der Waals surface area contributed by atoms with Gasteiger partial charge in [0.1, 0.15) is 6.04 Å². The number of aliphatic carboxylic acids is 1. The van der Waals surface area contributed by atoms with Gasteiger partial charge in [-0.1, -0.05) is 0 Å². The lowest BCUT2D eigenvalue weighted by atomic mass is 10.1. The number of rotatable bonds is 3. The van der Waals surface area contributed by atoms with Gasteiger partial charge in [-0.25, -0.2) is 4.79 Å². The predicted molar refractivity (Wildman–Crippen MR) is 59.6 cm³/mol. The van der Waals surface area contributed by atoms with Crippen LogP contribution >= 0.6 is 0 Å². The van der Waals surface area contributed by atoms with Gasteiger partial charge >= 0.3 is 5.97 Å². The summed E-state index contributed by atoms with van der Waals surface area (Å²) >= 11 is 0. The molecule has 2 aliphatic rings. The molecule has 6 heteroatoms. The molecule has 0 aromatic heterocycles. The molecule has 2 fully saturated rings. The number of carbonyl (C=O) groups excluding carboxylic acids is 1. The zero-order valence-corrected chi connectivity index (χ0v) is 9.89. The molecule has 2 heterocycles. The van der Waals surface area contributed by atoms with E-state index in [0.29, 0.717) is 25.9 Å². The maximum atomic E-state index is 12.2. The highest BCUT2D eigenvalue weighted by molar-refractivity contribution is 5.87. The Morgan fingerprint density at radius 2 is 2.24 bits per heavy atom. The van der Waals surface area contributed by atoms with Crippen LogP contribution in [-0.2, 0) is 14.3 Å². The Hall–Kier alpha value is -1.14. The molecule has 0 spiro atoms. The number of amides is 1. The van der Waals surface area contributed by atoms with Crippen molar-refractivity contribution in [1.82, 2.24) is 10.2 Å². The van der Waals surface area contributed by atoms with Gasteiger partial charge < -0.3 is 20.1 Å². The average molecular weight is 242 g/mol. The molecular weight excluding hydrogens is 224 g/mol. The lowest BCUT2D eigenvalue weighted by Crippen LogP contribution is -2.48. The first-order chi connectivity index (χ1) is 8.13. The molecule has 0 saturated carbocycles. The van der Waals surface area contributed by atoms with Crippen LogP contribution in [0.1, 0.15) is 19.3 Å². The third-order valence-electron chi connectivity index (χ3n) is 3.54. The molecule has 1 amide bonds. The highest BCUT2D eigenvalue weighted by Gasteiger charge is 2.39. The van der Waals surface area contributed by atoms with Crippen molar-refractivity contribution in [2.45, 2.75) is 37.5 Å². The molecule has 17 heavy (non-hydrogen) atoms. The van der Waals surface area contributed by atoms with E-state index < -0.39 is 12.0 Å². The van der Waals surface area contributed by atoms with Crippen LogP contribution in [0.25, 0.3) is 0 Å². The second kappa shape index (κ2) is 5.01. The van der Waals surface area contributed by atoms with E-state index in [2.05, 4.69) is 5.32 Å². The highest BCUT2D eigenvalue weighted by atomic mass is 16.5. The fourth-order valence-corrected chi connectivity index (χ4v) is 2.56. The van der Waals surface area contributed by atoms with Gasteiger partial charge in [-0.3, -0.25) is 4.79 Å². The molecule has 0 bridgehead atoms. The number of nitrogens with one attached hydrogen (secondary N) is 1. The largest absolute Gasteiger partial charge is 0.480 e. The lowest BCUT2D eigenvalue weighted by molar-refractivity contribution is -0.148. The van der Waals surface area contributed by atoms with Crippen LogP contribution in [0.4, 0.5) is 0 Å². The monoisotopic (exact) mass is 242 g/mol. The summed E-state index contributed by atoms with van der Waals surface area (Å²) in [6.07, 6.45) is 2.00. The van der Waals surface area contributed by atoms with Crippen molar-refractivity contribution in [2.75, 3.05) is 20.2 Å². The topological polar surface area (TPSA) is 78.9 Å². The van der Waals surface area contributed by atoms with Gasteiger partial charge in [0, 0.05) is 20.2 Å². The third kappa shape index (κ3) is 2.42. The van der Waals surface area contributed by atoms with E-state index in [0.717, 1.165) is 6.42 Å². The summed E-state index contributed by atoms with van der Waals surface area (Å²) in [6, 6.07) is -0.939. The molecule has 3 unspecified atom stereocenters. The van der Waals surface area contributed by atoms with Crippen molar-refractivity contribution in [3.8, 4) is 0 Å². The molecule has 0 radical (unpaired) electrons. The first-order valence-electron chi connectivity index (χ1n) is 5.93. The van der Waals surface area contributed by atoms with E-state index in [1.807, 2.05) is 0 Å². The van der Waals surface area contributed by atoms with E-state index >= 15 is 0 Å². The Labute approximate surface area is 99.9 Å². The summed E-state index contributed by atoms with van der Waals surface area (Å²) in [5.74, 6) is -1.01. The summed E-state index contributed by atoms with van der Waals surface area (Å²) in [4.78, 5) is 24.7. The van der Waals surface area contributed by atoms with Gasteiger partial charge in [-0.15, -0.1) is 0 Å². The summed E-state index contributed by atoms with van der Waals surface area (Å²) < 4.78 is 5.18. The van der Waals surface area contributed by atoms with Crippen LogP contribution in [0.2, 0.25) is 0 Å². The van der Waals surface area contributed by atoms with Crippen molar-refractivity contribution in [2.24, 2.45) is 0 Å². The van der Waals surface area contributed by atoms with Crippen molar-refractivity contribution >= 4 is 11.9 Å². The lowest BCUT2D eigenvalue weighted by Gasteiger charge is -2.24. The van der Waals surface area contributed by atoms with Crippen LogP contribution in [-0.4, -0.2) is 60.3 Å². The van der Waals surface area contributed by atoms with Crippen molar-refractivity contribution in [3.63, 3.8) is 0 Å². The van der Waals surface area contributed by atoms with Crippen molar-refractivity contribution < 1.29 is 19.4 Å². The van der Waals surface area contributed by atoms with E-state index in [4.69, 9.17) is 9.84 Å². The smallest absolute Gasteiger partial charge is 0.326 e. The van der Waals surface area contributed by atoms with Crippen molar-refractivity contribution in [1.29, 1.82) is 0 Å². The number of nitrogens with zero attached hydrogens (tertiary/aromatic N) is 1. The van der Waals surface area contributed by atoms with Gasteiger partial charge in [0.2, 0.25) is 5.91 Å². The molecule has 96 valence electrons. The van der Waals surface area contributed by atoms with Crippen LogP contribution in [0.5, 0.6) is 0 Å². The van der Waals surface area contributed by atoms with Gasteiger partial charge in [0.05, 0.1) is 12.1 Å². The summed E-state index contributed by atoms with van der Waals surface area (Å²) in [6.45, 7) is 1.20. The van der Waals surface area contributed by atoms with Gasteiger partial charge in [0.15, 0.2) is 0 Å². The molecule has 0 aromatic carbocycles. The zero-order chi connectivity index (χ0) is 12.4. The Bertz CT molecular complexity index is 321. The Morgan fingerprint density at radius 3 is 2.82 bits per heavy atom. The number of hydrogen-bond acceptors (Lipinski definition) is 4. The number of carboxylic acids is 1. The minimum Gasteiger partial charge on any atom is -0.480 e. The van der Waals surface area contributed by atoms with Crippen LogP contribution in [0, 0.1) is 0 Å². The van der Waals surface area contributed by atoms with Gasteiger partial charge in [-0.05, 0) is 19.3 Å².